The first-order valence-corrected chi connectivity index (χ1v) is 11.1. The molecule has 6 nitrogen and oxygen atoms in total. The summed E-state index contributed by atoms with van der Waals surface area (Å²) in [6.45, 7) is 11.0. The molecule has 0 spiro atoms. The first kappa shape index (κ1) is 21.1. The second kappa shape index (κ2) is 9.29. The molecule has 1 aliphatic heterocycles. The summed E-state index contributed by atoms with van der Waals surface area (Å²) in [6.07, 6.45) is 0.815. The molecule has 1 amide bonds. The highest BCUT2D eigenvalue weighted by molar-refractivity contribution is 8.00. The maximum Gasteiger partial charge on any atom is 0.262 e. The SMILES string of the molecule is CCCn1c(S[C@@H](C)C(=O)N2CCN(CC)CC2)nc2cc(Cl)ccc2c1=O. The number of rotatable bonds is 6. The van der Waals surface area contributed by atoms with Crippen LogP contribution in [0.1, 0.15) is 27.2 Å². The lowest BCUT2D eigenvalue weighted by Gasteiger charge is -2.35. The molecule has 1 fully saturated rings. The van der Waals surface area contributed by atoms with Crippen molar-refractivity contribution in [1.29, 1.82) is 0 Å². The summed E-state index contributed by atoms with van der Waals surface area (Å²) < 4.78 is 1.68. The molecule has 1 saturated heterocycles. The Labute approximate surface area is 174 Å². The smallest absolute Gasteiger partial charge is 0.262 e. The van der Waals surface area contributed by atoms with E-state index in [4.69, 9.17) is 11.6 Å². The van der Waals surface area contributed by atoms with E-state index in [1.165, 1.54) is 11.8 Å². The predicted molar refractivity (Wildman–Crippen MR) is 115 cm³/mol. The summed E-state index contributed by atoms with van der Waals surface area (Å²) in [5, 5.41) is 1.37. The van der Waals surface area contributed by atoms with Gasteiger partial charge in [-0.25, -0.2) is 4.98 Å². The van der Waals surface area contributed by atoms with Crippen molar-refractivity contribution < 1.29 is 4.79 Å². The highest BCUT2D eigenvalue weighted by Gasteiger charge is 2.26. The lowest BCUT2D eigenvalue weighted by molar-refractivity contribution is -0.132. The number of thioether (sulfide) groups is 1. The molecular weight excluding hydrogens is 396 g/mol. The molecule has 0 bridgehead atoms. The molecule has 1 aromatic heterocycles. The van der Waals surface area contributed by atoms with Crippen LogP contribution in [0.3, 0.4) is 0 Å². The first-order valence-electron chi connectivity index (χ1n) is 9.82. The molecule has 3 rings (SSSR count). The van der Waals surface area contributed by atoms with Crippen molar-refractivity contribution in [2.75, 3.05) is 32.7 Å². The fourth-order valence-electron chi connectivity index (χ4n) is 3.43. The Morgan fingerprint density at radius 3 is 2.61 bits per heavy atom. The van der Waals surface area contributed by atoms with Crippen molar-refractivity contribution in [3.63, 3.8) is 0 Å². The zero-order valence-corrected chi connectivity index (χ0v) is 18.2. The fourth-order valence-corrected chi connectivity index (χ4v) is 4.62. The lowest BCUT2D eigenvalue weighted by Crippen LogP contribution is -2.50. The van der Waals surface area contributed by atoms with Gasteiger partial charge in [0.1, 0.15) is 0 Å². The van der Waals surface area contributed by atoms with Gasteiger partial charge in [0.25, 0.3) is 5.56 Å². The molecule has 0 radical (unpaired) electrons. The number of halogens is 1. The van der Waals surface area contributed by atoms with Gasteiger partial charge in [0, 0.05) is 37.7 Å². The van der Waals surface area contributed by atoms with Gasteiger partial charge in [0.15, 0.2) is 5.16 Å². The molecule has 0 unspecified atom stereocenters. The molecule has 1 aromatic carbocycles. The van der Waals surface area contributed by atoms with Crippen LogP contribution in [0, 0.1) is 0 Å². The van der Waals surface area contributed by atoms with Crippen LogP contribution in [0.2, 0.25) is 5.02 Å². The first-order chi connectivity index (χ1) is 13.4. The van der Waals surface area contributed by atoms with Crippen LogP contribution in [0.25, 0.3) is 10.9 Å². The normalized spacial score (nSPS) is 16.5. The van der Waals surface area contributed by atoms with Gasteiger partial charge in [-0.2, -0.15) is 0 Å². The van der Waals surface area contributed by atoms with Gasteiger partial charge >= 0.3 is 0 Å². The molecule has 8 heteroatoms. The average molecular weight is 423 g/mol. The van der Waals surface area contributed by atoms with E-state index < -0.39 is 0 Å². The second-order valence-electron chi connectivity index (χ2n) is 7.03. The van der Waals surface area contributed by atoms with Gasteiger partial charge < -0.3 is 9.80 Å². The molecule has 0 aliphatic carbocycles. The van der Waals surface area contributed by atoms with Crippen molar-refractivity contribution in [1.82, 2.24) is 19.4 Å². The Kier molecular flexibility index (Phi) is 7.01. The number of benzene rings is 1. The summed E-state index contributed by atoms with van der Waals surface area (Å²) in [5.41, 5.74) is 0.491. The van der Waals surface area contributed by atoms with E-state index in [1.54, 1.807) is 22.8 Å². The lowest BCUT2D eigenvalue weighted by atomic mass is 10.2. The largest absolute Gasteiger partial charge is 0.339 e. The molecule has 28 heavy (non-hydrogen) atoms. The molecule has 152 valence electrons. The van der Waals surface area contributed by atoms with Crippen molar-refractivity contribution in [3.8, 4) is 0 Å². The Morgan fingerprint density at radius 1 is 1.25 bits per heavy atom. The number of carbonyl (C=O) groups excluding carboxylic acids is 1. The molecule has 2 aromatic rings. The van der Waals surface area contributed by atoms with E-state index >= 15 is 0 Å². The van der Waals surface area contributed by atoms with E-state index in [0.717, 1.165) is 39.1 Å². The van der Waals surface area contributed by atoms with Gasteiger partial charge in [-0.05, 0) is 38.1 Å². The van der Waals surface area contributed by atoms with E-state index in [0.29, 0.717) is 27.6 Å². The van der Waals surface area contributed by atoms with E-state index in [1.807, 2.05) is 18.7 Å². The highest BCUT2D eigenvalue weighted by Crippen LogP contribution is 2.25. The molecule has 0 N–H and O–H groups in total. The minimum Gasteiger partial charge on any atom is -0.339 e. The monoisotopic (exact) mass is 422 g/mol. The second-order valence-corrected chi connectivity index (χ2v) is 8.78. The Morgan fingerprint density at radius 2 is 1.96 bits per heavy atom. The summed E-state index contributed by atoms with van der Waals surface area (Å²) >= 11 is 7.44. The number of nitrogens with zero attached hydrogens (tertiary/aromatic N) is 4. The maximum atomic E-state index is 12.9. The van der Waals surface area contributed by atoms with Crippen molar-refractivity contribution in [3.05, 3.63) is 33.6 Å². The summed E-state index contributed by atoms with van der Waals surface area (Å²) in [6, 6.07) is 5.13. The van der Waals surface area contributed by atoms with Crippen molar-refractivity contribution in [2.45, 2.75) is 44.1 Å². The molecule has 0 saturated carbocycles. The van der Waals surface area contributed by atoms with Gasteiger partial charge in [0.2, 0.25) is 5.91 Å². The van der Waals surface area contributed by atoms with Gasteiger partial charge in [0.05, 0.1) is 16.2 Å². The molecule has 1 atom stereocenters. The van der Waals surface area contributed by atoms with Crippen molar-refractivity contribution in [2.24, 2.45) is 0 Å². The summed E-state index contributed by atoms with van der Waals surface area (Å²) in [5.74, 6) is 0.101. The highest BCUT2D eigenvalue weighted by atomic mass is 35.5. The van der Waals surface area contributed by atoms with Crippen LogP contribution in [-0.4, -0.2) is 63.2 Å². The third-order valence-corrected chi connectivity index (χ3v) is 6.40. The molecular formula is C20H27ClN4O2S. The van der Waals surface area contributed by atoms with E-state index in [2.05, 4.69) is 16.8 Å². The number of likely N-dealkylation sites (N-methyl/N-ethyl adjacent to an activating group) is 1. The van der Waals surface area contributed by atoms with Crippen LogP contribution in [-0.2, 0) is 11.3 Å². The number of amides is 1. The van der Waals surface area contributed by atoms with Crippen LogP contribution >= 0.6 is 23.4 Å². The number of fused-ring (bicyclic) bond motifs is 1. The van der Waals surface area contributed by atoms with E-state index in [-0.39, 0.29) is 16.7 Å². The molecule has 2 heterocycles. The van der Waals surface area contributed by atoms with Crippen LogP contribution in [0.4, 0.5) is 0 Å². The Hall–Kier alpha value is -1.57. The fraction of sp³-hybridized carbons (Fsp3) is 0.550. The Balaban J connectivity index is 1.85. The maximum absolute atomic E-state index is 12.9. The van der Waals surface area contributed by atoms with E-state index in [9.17, 15) is 9.59 Å². The number of hydrogen-bond donors (Lipinski definition) is 0. The minimum absolute atomic E-state index is 0.0813. The average Bonchev–Trinajstić information content (AvgIpc) is 2.70. The number of hydrogen-bond acceptors (Lipinski definition) is 5. The number of carbonyl (C=O) groups is 1. The van der Waals surface area contributed by atoms with Gasteiger partial charge in [-0.3, -0.25) is 14.2 Å². The van der Waals surface area contributed by atoms with Gasteiger partial charge in [-0.15, -0.1) is 0 Å². The third kappa shape index (κ3) is 4.53. The standard InChI is InChI=1S/C20H27ClN4O2S/c1-4-8-25-19(27)16-7-6-15(21)13-17(16)22-20(25)28-14(3)18(26)24-11-9-23(5-2)10-12-24/h6-7,13-14H,4-5,8-12H2,1-3H3/t14-/m0/s1. The zero-order valence-electron chi connectivity index (χ0n) is 16.7. The van der Waals surface area contributed by atoms with Crippen LogP contribution in [0.15, 0.2) is 28.2 Å². The topological polar surface area (TPSA) is 58.4 Å². The van der Waals surface area contributed by atoms with Crippen LogP contribution in [0.5, 0.6) is 0 Å². The molecule has 1 aliphatic rings. The number of aromatic nitrogens is 2. The quantitative estimate of drug-likeness (QED) is 0.528. The summed E-state index contributed by atoms with van der Waals surface area (Å²) in [7, 11) is 0. The van der Waals surface area contributed by atoms with Crippen molar-refractivity contribution >= 4 is 40.2 Å². The van der Waals surface area contributed by atoms with Crippen LogP contribution < -0.4 is 5.56 Å². The Bertz CT molecular complexity index is 909. The predicted octanol–water partition coefficient (Wildman–Crippen LogP) is 3.10. The summed E-state index contributed by atoms with van der Waals surface area (Å²) in [4.78, 5) is 34.8. The minimum atomic E-state index is -0.306. The zero-order chi connectivity index (χ0) is 20.3. The third-order valence-electron chi connectivity index (χ3n) is 5.09. The number of piperazine rings is 1. The van der Waals surface area contributed by atoms with Gasteiger partial charge in [-0.1, -0.05) is 37.2 Å².